The maximum absolute atomic E-state index is 13.6. The highest BCUT2D eigenvalue weighted by Gasteiger charge is 2.48. The van der Waals surface area contributed by atoms with Crippen LogP contribution in [0.2, 0.25) is 0 Å². The molecule has 2 heterocycles. The minimum absolute atomic E-state index is 0.124. The smallest absolute Gasteiger partial charge is 0.317 e. The molecule has 4 rings (SSSR count). The van der Waals surface area contributed by atoms with Gasteiger partial charge < -0.3 is 19.2 Å². The van der Waals surface area contributed by atoms with Crippen molar-refractivity contribution < 1.29 is 28.3 Å². The van der Waals surface area contributed by atoms with Gasteiger partial charge in [-0.05, 0) is 43.2 Å². The second kappa shape index (κ2) is 8.18. The zero-order valence-corrected chi connectivity index (χ0v) is 16.8. The number of ketones is 1. The Morgan fingerprint density at radius 3 is 2.73 bits per heavy atom. The molecular formula is C23H23NO6. The summed E-state index contributed by atoms with van der Waals surface area (Å²) in [6, 6.07) is 10.8. The van der Waals surface area contributed by atoms with Crippen LogP contribution >= 0.6 is 0 Å². The fourth-order valence-corrected chi connectivity index (χ4v) is 4.37. The third-order valence-electron chi connectivity index (χ3n) is 5.67. The van der Waals surface area contributed by atoms with Crippen LogP contribution in [0.5, 0.6) is 5.75 Å². The molecule has 0 saturated carbocycles. The molecular weight excluding hydrogens is 386 g/mol. The molecule has 0 radical (unpaired) electrons. The average molecular weight is 409 g/mol. The van der Waals surface area contributed by atoms with Gasteiger partial charge in [0.25, 0.3) is 0 Å². The van der Waals surface area contributed by atoms with Gasteiger partial charge in [-0.15, -0.1) is 0 Å². The molecule has 1 N–H and O–H groups in total. The van der Waals surface area contributed by atoms with Crippen molar-refractivity contribution in [1.82, 2.24) is 5.32 Å². The summed E-state index contributed by atoms with van der Waals surface area (Å²) >= 11 is 0. The summed E-state index contributed by atoms with van der Waals surface area (Å²) in [6.07, 6.45) is 1.94. The number of carbonyl (C=O) groups is 3. The van der Waals surface area contributed by atoms with Crippen LogP contribution in [0.4, 0.5) is 0 Å². The molecule has 2 aliphatic rings. The Kier molecular flexibility index (Phi) is 5.44. The topological polar surface area (TPSA) is 94.8 Å². The number of carbonyl (C=O) groups excluding carboxylic acids is 3. The lowest BCUT2D eigenvalue weighted by molar-refractivity contribution is -0.152. The number of furan rings is 1. The van der Waals surface area contributed by atoms with Crippen molar-refractivity contribution in [3.63, 3.8) is 0 Å². The van der Waals surface area contributed by atoms with Crippen LogP contribution in [-0.2, 0) is 19.1 Å². The maximum Gasteiger partial charge on any atom is 0.317 e. The van der Waals surface area contributed by atoms with E-state index in [1.807, 2.05) is 18.2 Å². The van der Waals surface area contributed by atoms with E-state index in [0.717, 1.165) is 5.56 Å². The van der Waals surface area contributed by atoms with Crippen molar-refractivity contribution in [3.8, 4) is 5.75 Å². The first-order valence-electron chi connectivity index (χ1n) is 9.94. The molecule has 0 spiro atoms. The predicted molar refractivity (Wildman–Crippen MR) is 107 cm³/mol. The van der Waals surface area contributed by atoms with Gasteiger partial charge in [0, 0.05) is 29.5 Å². The van der Waals surface area contributed by atoms with Crippen molar-refractivity contribution in [3.05, 3.63) is 65.3 Å². The molecule has 0 bridgehead atoms. The second-order valence-corrected chi connectivity index (χ2v) is 7.39. The zero-order valence-electron chi connectivity index (χ0n) is 16.8. The van der Waals surface area contributed by atoms with Gasteiger partial charge in [-0.2, -0.15) is 0 Å². The summed E-state index contributed by atoms with van der Waals surface area (Å²) in [5, 5.41) is 2.86. The Bertz CT molecular complexity index is 1010. The van der Waals surface area contributed by atoms with Gasteiger partial charge in [0.2, 0.25) is 5.91 Å². The number of rotatable bonds is 5. The molecule has 1 aromatic carbocycles. The van der Waals surface area contributed by atoms with Crippen LogP contribution in [0.1, 0.15) is 42.9 Å². The van der Waals surface area contributed by atoms with E-state index in [0.29, 0.717) is 29.2 Å². The first-order valence-corrected chi connectivity index (χ1v) is 9.94. The Morgan fingerprint density at radius 2 is 2.03 bits per heavy atom. The number of allylic oxidation sites excluding steroid dienone is 2. The Hall–Kier alpha value is -3.35. The van der Waals surface area contributed by atoms with Crippen molar-refractivity contribution in [2.45, 2.75) is 31.6 Å². The molecule has 0 fully saturated rings. The molecule has 1 aliphatic carbocycles. The Balaban J connectivity index is 1.81. The molecule has 156 valence electrons. The van der Waals surface area contributed by atoms with Crippen molar-refractivity contribution in [2.75, 3.05) is 13.7 Å². The molecule has 2 aromatic rings. The lowest BCUT2D eigenvalue weighted by Gasteiger charge is -2.37. The van der Waals surface area contributed by atoms with Crippen LogP contribution in [0.15, 0.2) is 58.3 Å². The molecule has 7 heteroatoms. The van der Waals surface area contributed by atoms with E-state index in [1.54, 1.807) is 32.2 Å². The summed E-state index contributed by atoms with van der Waals surface area (Å²) in [6.45, 7) is 1.88. The quantitative estimate of drug-likeness (QED) is 0.602. The fourth-order valence-electron chi connectivity index (χ4n) is 4.37. The number of nitrogens with one attached hydrogen (secondary N) is 1. The van der Waals surface area contributed by atoms with E-state index in [4.69, 9.17) is 13.9 Å². The van der Waals surface area contributed by atoms with Crippen LogP contribution in [-0.4, -0.2) is 31.4 Å². The highest BCUT2D eigenvalue weighted by Crippen LogP contribution is 2.46. The SMILES string of the molecule is CCOC(=O)[C@@H]1C(=O)C2=C(C[C@@H]1c1ccco1)NC(=O)C[C@H]2c1cccc(OC)c1. The number of benzene rings is 1. The number of methoxy groups -OCH3 is 1. The lowest BCUT2D eigenvalue weighted by Crippen LogP contribution is -2.44. The van der Waals surface area contributed by atoms with E-state index >= 15 is 0 Å². The average Bonchev–Trinajstić information content (AvgIpc) is 3.27. The van der Waals surface area contributed by atoms with Gasteiger partial charge in [0.15, 0.2) is 5.78 Å². The standard InChI is InChI=1S/C23H23NO6/c1-3-29-23(27)21-16(18-8-5-9-30-18)11-17-20(22(21)26)15(12-19(25)24-17)13-6-4-7-14(10-13)28-2/h4-10,15-16,21H,3,11-12H2,1-2H3,(H,24,25)/t15-,16+,21-/m0/s1. The number of ether oxygens (including phenoxy) is 2. The van der Waals surface area contributed by atoms with Gasteiger partial charge >= 0.3 is 5.97 Å². The van der Waals surface area contributed by atoms with Gasteiger partial charge in [-0.3, -0.25) is 14.4 Å². The normalized spacial score (nSPS) is 23.6. The highest BCUT2D eigenvalue weighted by molar-refractivity contribution is 6.12. The molecule has 1 amide bonds. The number of amides is 1. The predicted octanol–water partition coefficient (Wildman–Crippen LogP) is 3.08. The number of hydrogen-bond donors (Lipinski definition) is 1. The van der Waals surface area contributed by atoms with Crippen LogP contribution in [0.3, 0.4) is 0 Å². The summed E-state index contributed by atoms with van der Waals surface area (Å²) in [5.74, 6) is -1.91. The van der Waals surface area contributed by atoms with Crippen molar-refractivity contribution in [2.24, 2.45) is 5.92 Å². The molecule has 1 aromatic heterocycles. The summed E-state index contributed by atoms with van der Waals surface area (Å²) in [4.78, 5) is 38.9. The molecule has 30 heavy (non-hydrogen) atoms. The minimum Gasteiger partial charge on any atom is -0.497 e. The lowest BCUT2D eigenvalue weighted by atomic mass is 9.69. The molecule has 3 atom stereocenters. The van der Waals surface area contributed by atoms with E-state index in [-0.39, 0.29) is 24.7 Å². The van der Waals surface area contributed by atoms with Crippen molar-refractivity contribution in [1.29, 1.82) is 0 Å². The maximum atomic E-state index is 13.6. The number of hydrogen-bond acceptors (Lipinski definition) is 6. The molecule has 0 saturated heterocycles. The third-order valence-corrected chi connectivity index (χ3v) is 5.67. The molecule has 0 unspecified atom stereocenters. The fraction of sp³-hybridized carbons (Fsp3) is 0.348. The van der Waals surface area contributed by atoms with Gasteiger partial charge in [0.05, 0.1) is 20.0 Å². The van der Waals surface area contributed by atoms with Gasteiger partial charge in [-0.1, -0.05) is 12.1 Å². The Labute approximate surface area is 174 Å². The van der Waals surface area contributed by atoms with Crippen LogP contribution < -0.4 is 10.1 Å². The van der Waals surface area contributed by atoms with E-state index in [2.05, 4.69) is 5.32 Å². The second-order valence-electron chi connectivity index (χ2n) is 7.39. The van der Waals surface area contributed by atoms with E-state index in [9.17, 15) is 14.4 Å². The summed E-state index contributed by atoms with van der Waals surface area (Å²) in [5.41, 5.74) is 1.80. The first kappa shape index (κ1) is 19.9. The molecule has 1 aliphatic heterocycles. The van der Waals surface area contributed by atoms with Gasteiger partial charge in [0.1, 0.15) is 17.4 Å². The van der Waals surface area contributed by atoms with E-state index < -0.39 is 23.7 Å². The van der Waals surface area contributed by atoms with Crippen LogP contribution in [0, 0.1) is 5.92 Å². The summed E-state index contributed by atoms with van der Waals surface area (Å²) in [7, 11) is 1.56. The minimum atomic E-state index is -1.02. The van der Waals surface area contributed by atoms with Crippen molar-refractivity contribution >= 4 is 17.7 Å². The van der Waals surface area contributed by atoms with E-state index in [1.165, 1.54) is 6.26 Å². The number of Topliss-reactive ketones (excluding diaryl/α,β-unsaturated/α-hetero) is 1. The third kappa shape index (κ3) is 3.51. The van der Waals surface area contributed by atoms with Gasteiger partial charge in [-0.25, -0.2) is 0 Å². The zero-order chi connectivity index (χ0) is 21.3. The monoisotopic (exact) mass is 409 g/mol. The van der Waals surface area contributed by atoms with Crippen LogP contribution in [0.25, 0.3) is 0 Å². The molecule has 7 nitrogen and oxygen atoms in total. The largest absolute Gasteiger partial charge is 0.497 e. The Morgan fingerprint density at radius 1 is 1.20 bits per heavy atom. The number of esters is 1. The highest BCUT2D eigenvalue weighted by atomic mass is 16.5. The first-order chi connectivity index (χ1) is 14.5. The summed E-state index contributed by atoms with van der Waals surface area (Å²) < 4.78 is 16.0.